The lowest BCUT2D eigenvalue weighted by atomic mass is 10.1. The summed E-state index contributed by atoms with van der Waals surface area (Å²) in [5.74, 6) is 1.05. The van der Waals surface area contributed by atoms with Crippen LogP contribution in [0.1, 0.15) is 49.7 Å². The Morgan fingerprint density at radius 1 is 1.17 bits per heavy atom. The van der Waals surface area contributed by atoms with Crippen molar-refractivity contribution in [3.8, 4) is 0 Å². The molecule has 2 aromatic rings. The molecule has 29 heavy (non-hydrogen) atoms. The lowest BCUT2D eigenvalue weighted by Gasteiger charge is -2.29. The Hall–Kier alpha value is -2.21. The Bertz CT molecular complexity index is 792. The molecular weight excluding hydrogens is 384 g/mol. The van der Waals surface area contributed by atoms with Gasteiger partial charge in [0.15, 0.2) is 5.76 Å². The second kappa shape index (κ2) is 10.0. The molecule has 3 atom stereocenters. The van der Waals surface area contributed by atoms with Gasteiger partial charge in [0.1, 0.15) is 6.04 Å². The number of nitrogens with zero attached hydrogens (tertiary/aromatic N) is 1. The van der Waals surface area contributed by atoms with Gasteiger partial charge in [-0.2, -0.15) is 0 Å². The largest absolute Gasteiger partial charge is 0.459 e. The fourth-order valence-corrected chi connectivity index (χ4v) is 5.23. The van der Waals surface area contributed by atoms with Gasteiger partial charge in [-0.1, -0.05) is 44.2 Å². The minimum absolute atomic E-state index is 0.0111. The molecule has 0 spiro atoms. The van der Waals surface area contributed by atoms with Crippen molar-refractivity contribution in [3.05, 3.63) is 60.1 Å². The minimum atomic E-state index is -0.472. The lowest BCUT2D eigenvalue weighted by molar-refractivity contribution is -0.125. The van der Waals surface area contributed by atoms with E-state index in [4.69, 9.17) is 4.42 Å². The Labute approximate surface area is 177 Å². The van der Waals surface area contributed by atoms with Gasteiger partial charge in [-0.3, -0.25) is 9.59 Å². The number of aryl methyl sites for hydroxylation is 1. The zero-order chi connectivity index (χ0) is 20.8. The summed E-state index contributed by atoms with van der Waals surface area (Å²) in [6, 6.07) is 13.2. The van der Waals surface area contributed by atoms with Crippen molar-refractivity contribution in [2.24, 2.45) is 5.92 Å². The fraction of sp³-hybridized carbons (Fsp3) is 0.478. The average Bonchev–Trinajstić information content (AvgIpc) is 3.36. The first-order chi connectivity index (χ1) is 14.0. The number of furan rings is 1. The molecule has 1 N–H and O–H groups in total. The van der Waals surface area contributed by atoms with E-state index < -0.39 is 6.04 Å². The van der Waals surface area contributed by atoms with Crippen LogP contribution in [0.15, 0.2) is 53.1 Å². The number of carbonyl (C=O) groups excluding carboxylic acids is 2. The van der Waals surface area contributed by atoms with Crippen molar-refractivity contribution in [1.82, 2.24) is 10.2 Å². The Balaban J connectivity index is 1.64. The van der Waals surface area contributed by atoms with Crippen LogP contribution in [0.25, 0.3) is 0 Å². The Kier molecular flexibility index (Phi) is 7.42. The Morgan fingerprint density at radius 2 is 1.93 bits per heavy atom. The highest BCUT2D eigenvalue weighted by molar-refractivity contribution is 8.00. The van der Waals surface area contributed by atoms with E-state index >= 15 is 0 Å². The molecule has 3 rings (SSSR count). The van der Waals surface area contributed by atoms with Crippen molar-refractivity contribution in [1.29, 1.82) is 0 Å². The zero-order valence-corrected chi connectivity index (χ0v) is 18.2. The molecule has 6 heteroatoms. The molecule has 1 aromatic heterocycles. The summed E-state index contributed by atoms with van der Waals surface area (Å²) in [5, 5.41) is 3.11. The highest BCUT2D eigenvalue weighted by Crippen LogP contribution is 2.34. The summed E-state index contributed by atoms with van der Waals surface area (Å²) in [6.45, 7) is 6.29. The molecule has 1 saturated heterocycles. The van der Waals surface area contributed by atoms with E-state index in [2.05, 4.69) is 31.3 Å². The van der Waals surface area contributed by atoms with Crippen LogP contribution in [0.3, 0.4) is 0 Å². The van der Waals surface area contributed by atoms with Crippen LogP contribution < -0.4 is 5.32 Å². The number of carbonyl (C=O) groups is 2. The van der Waals surface area contributed by atoms with Crippen molar-refractivity contribution in [3.63, 3.8) is 0 Å². The number of hydrogen-bond acceptors (Lipinski definition) is 4. The molecule has 1 aromatic carbocycles. The maximum Gasteiger partial charge on any atom is 0.291 e. The van der Waals surface area contributed by atoms with Crippen LogP contribution in [-0.4, -0.2) is 39.9 Å². The maximum atomic E-state index is 13.1. The molecule has 0 bridgehead atoms. The molecule has 0 radical (unpaired) electrons. The second-order valence-electron chi connectivity index (χ2n) is 8.06. The SMILES string of the molecule is CC(C)CC1SCC(C(=O)NC(C)CCc2ccccc2)N1C(=O)c1ccco1. The molecule has 2 heterocycles. The number of nitrogens with one attached hydrogen (secondary N) is 1. The van der Waals surface area contributed by atoms with Gasteiger partial charge in [0.2, 0.25) is 5.91 Å². The van der Waals surface area contributed by atoms with Gasteiger partial charge in [-0.05, 0) is 49.8 Å². The van der Waals surface area contributed by atoms with Crippen LogP contribution >= 0.6 is 11.8 Å². The molecule has 1 aliphatic heterocycles. The molecule has 0 saturated carbocycles. The van der Waals surface area contributed by atoms with Crippen molar-refractivity contribution in [2.45, 2.75) is 57.5 Å². The van der Waals surface area contributed by atoms with E-state index in [0.29, 0.717) is 11.7 Å². The lowest BCUT2D eigenvalue weighted by Crippen LogP contribution is -2.51. The average molecular weight is 415 g/mol. The first-order valence-electron chi connectivity index (χ1n) is 10.3. The van der Waals surface area contributed by atoms with Gasteiger partial charge < -0.3 is 14.6 Å². The summed E-state index contributed by atoms with van der Waals surface area (Å²) in [4.78, 5) is 27.8. The fourth-order valence-electron chi connectivity index (χ4n) is 3.59. The van der Waals surface area contributed by atoms with Crippen LogP contribution in [0.2, 0.25) is 0 Å². The topological polar surface area (TPSA) is 62.6 Å². The van der Waals surface area contributed by atoms with Gasteiger partial charge in [-0.15, -0.1) is 11.8 Å². The molecule has 1 fully saturated rings. The highest BCUT2D eigenvalue weighted by atomic mass is 32.2. The van der Waals surface area contributed by atoms with Crippen LogP contribution in [0, 0.1) is 5.92 Å². The molecular formula is C23H30N2O3S. The number of thioether (sulfide) groups is 1. The standard InChI is InChI=1S/C23H30N2O3S/c1-16(2)14-21-25(23(27)20-10-7-13-28-20)19(15-29-21)22(26)24-17(3)11-12-18-8-5-4-6-9-18/h4-10,13,16-17,19,21H,11-12,14-15H2,1-3H3,(H,24,26). The normalized spacial score (nSPS) is 20.1. The maximum absolute atomic E-state index is 13.1. The summed E-state index contributed by atoms with van der Waals surface area (Å²) in [5.41, 5.74) is 1.26. The molecule has 3 unspecified atom stereocenters. The number of rotatable bonds is 8. The van der Waals surface area contributed by atoms with E-state index in [0.717, 1.165) is 19.3 Å². The molecule has 0 aliphatic carbocycles. The predicted molar refractivity (Wildman–Crippen MR) is 117 cm³/mol. The summed E-state index contributed by atoms with van der Waals surface area (Å²) in [7, 11) is 0. The van der Waals surface area contributed by atoms with Gasteiger partial charge in [0, 0.05) is 11.8 Å². The van der Waals surface area contributed by atoms with E-state index in [1.54, 1.807) is 28.8 Å². The number of amides is 2. The quantitative estimate of drug-likeness (QED) is 0.698. The summed E-state index contributed by atoms with van der Waals surface area (Å²) < 4.78 is 5.33. The first kappa shape index (κ1) is 21.5. The Morgan fingerprint density at radius 3 is 2.59 bits per heavy atom. The van der Waals surface area contributed by atoms with Crippen molar-refractivity contribution < 1.29 is 14.0 Å². The summed E-state index contributed by atoms with van der Waals surface area (Å²) in [6.07, 6.45) is 4.11. The molecule has 5 nitrogen and oxygen atoms in total. The zero-order valence-electron chi connectivity index (χ0n) is 17.3. The number of hydrogen-bond donors (Lipinski definition) is 1. The van der Waals surface area contributed by atoms with Gasteiger partial charge >= 0.3 is 0 Å². The van der Waals surface area contributed by atoms with Crippen LogP contribution in [0.5, 0.6) is 0 Å². The van der Waals surface area contributed by atoms with E-state index in [9.17, 15) is 9.59 Å². The third kappa shape index (κ3) is 5.66. The van der Waals surface area contributed by atoms with Gasteiger partial charge in [0.25, 0.3) is 5.91 Å². The van der Waals surface area contributed by atoms with Crippen molar-refractivity contribution >= 4 is 23.6 Å². The van der Waals surface area contributed by atoms with E-state index in [1.807, 2.05) is 25.1 Å². The monoisotopic (exact) mass is 414 g/mol. The van der Waals surface area contributed by atoms with Crippen LogP contribution in [-0.2, 0) is 11.2 Å². The third-order valence-electron chi connectivity index (χ3n) is 5.13. The first-order valence-corrected chi connectivity index (χ1v) is 11.3. The smallest absolute Gasteiger partial charge is 0.291 e. The van der Waals surface area contributed by atoms with Gasteiger partial charge in [0.05, 0.1) is 11.6 Å². The second-order valence-corrected chi connectivity index (χ2v) is 9.27. The highest BCUT2D eigenvalue weighted by Gasteiger charge is 2.42. The number of benzene rings is 1. The van der Waals surface area contributed by atoms with Crippen LogP contribution in [0.4, 0.5) is 0 Å². The van der Waals surface area contributed by atoms with Crippen molar-refractivity contribution in [2.75, 3.05) is 5.75 Å². The molecule has 156 valence electrons. The minimum Gasteiger partial charge on any atom is -0.459 e. The molecule has 2 amide bonds. The summed E-state index contributed by atoms with van der Waals surface area (Å²) >= 11 is 1.68. The predicted octanol–water partition coefficient (Wildman–Crippen LogP) is 4.35. The third-order valence-corrected chi connectivity index (χ3v) is 6.44. The van der Waals surface area contributed by atoms with Gasteiger partial charge in [-0.25, -0.2) is 0 Å². The van der Waals surface area contributed by atoms with E-state index in [-0.39, 0.29) is 29.0 Å². The van der Waals surface area contributed by atoms with E-state index in [1.165, 1.54) is 11.8 Å². The molecule has 1 aliphatic rings.